The van der Waals surface area contributed by atoms with Gasteiger partial charge in [-0.25, -0.2) is 14.6 Å². The molecule has 2 saturated heterocycles. The molecule has 2 aromatic rings. The van der Waals surface area contributed by atoms with E-state index in [4.69, 9.17) is 29.3 Å². The van der Waals surface area contributed by atoms with Crippen LogP contribution >= 0.6 is 0 Å². The van der Waals surface area contributed by atoms with Gasteiger partial charge in [0.05, 0.1) is 17.9 Å². The second-order valence-electron chi connectivity index (χ2n) is 8.45. The number of halogens is 6. The van der Waals surface area contributed by atoms with E-state index in [1.165, 1.54) is 0 Å². The number of nitrogens with zero attached hydrogens (tertiary/aromatic N) is 3. The highest BCUT2D eigenvalue weighted by Gasteiger charge is 2.48. The van der Waals surface area contributed by atoms with Gasteiger partial charge in [0.1, 0.15) is 6.10 Å². The van der Waals surface area contributed by atoms with Crippen molar-refractivity contribution in [3.63, 3.8) is 0 Å². The lowest BCUT2D eigenvalue weighted by molar-refractivity contribution is -0.193. The summed E-state index contributed by atoms with van der Waals surface area (Å²) in [5.74, 6) is -4.81. The summed E-state index contributed by atoms with van der Waals surface area (Å²) in [4.78, 5) is 29.0. The summed E-state index contributed by atoms with van der Waals surface area (Å²) >= 11 is 0. The molecule has 0 aromatic carbocycles. The van der Waals surface area contributed by atoms with E-state index in [1.807, 2.05) is 31.2 Å². The number of carboxylic acids is 2. The molecule has 0 aliphatic carbocycles. The van der Waals surface area contributed by atoms with Crippen LogP contribution in [0.1, 0.15) is 24.2 Å². The van der Waals surface area contributed by atoms with Gasteiger partial charge in [-0.3, -0.25) is 9.88 Å². The first kappa shape index (κ1) is 30.8. The van der Waals surface area contributed by atoms with Crippen LogP contribution in [0, 0.1) is 6.92 Å². The maximum Gasteiger partial charge on any atom is 0.490 e. The van der Waals surface area contributed by atoms with Gasteiger partial charge in [0.15, 0.2) is 0 Å². The lowest BCUT2D eigenvalue weighted by Crippen LogP contribution is -2.65. The largest absolute Gasteiger partial charge is 0.490 e. The van der Waals surface area contributed by atoms with Crippen molar-refractivity contribution in [2.45, 2.75) is 50.4 Å². The third-order valence-electron chi connectivity index (χ3n) is 5.21. The van der Waals surface area contributed by atoms with Crippen LogP contribution in [0.15, 0.2) is 42.6 Å². The maximum absolute atomic E-state index is 10.6. The molecule has 210 valence electrons. The van der Waals surface area contributed by atoms with Crippen LogP contribution in [-0.4, -0.2) is 80.8 Å². The van der Waals surface area contributed by atoms with Crippen LogP contribution < -0.4 is 4.74 Å². The molecule has 4 heterocycles. The zero-order chi connectivity index (χ0) is 28.6. The van der Waals surface area contributed by atoms with Gasteiger partial charge in [-0.05, 0) is 25.1 Å². The molecule has 1 unspecified atom stereocenters. The summed E-state index contributed by atoms with van der Waals surface area (Å²) in [6.07, 6.45) is -6.35. The van der Waals surface area contributed by atoms with Gasteiger partial charge in [-0.2, -0.15) is 26.3 Å². The van der Waals surface area contributed by atoms with Crippen LogP contribution in [0.2, 0.25) is 0 Å². The summed E-state index contributed by atoms with van der Waals surface area (Å²) in [5, 5.41) is 14.2. The van der Waals surface area contributed by atoms with Crippen LogP contribution in [0.5, 0.6) is 5.88 Å². The summed E-state index contributed by atoms with van der Waals surface area (Å²) in [6, 6.07) is 12.0. The Morgan fingerprint density at radius 3 is 2.16 bits per heavy atom. The first-order chi connectivity index (χ1) is 17.6. The molecule has 15 heteroatoms. The fraction of sp³-hybridized carbons (Fsp3) is 0.478. The van der Waals surface area contributed by atoms with Crippen LogP contribution in [0.3, 0.4) is 0 Å². The molecule has 2 N–H and O–H groups in total. The molecular weight excluding hydrogens is 528 g/mol. The van der Waals surface area contributed by atoms with Crippen molar-refractivity contribution in [3.8, 4) is 5.88 Å². The number of aromatic nitrogens is 2. The standard InChI is InChI=1S/C19H23N3O2.2C2HF3O2/c1-15-5-4-6-16(21-15)12-22-13-19(14-22)11-17(8-10-23-19)24-18-7-2-3-9-20-18;2*3-2(4,5)1(6)7/h2-7,9,17H,8,10-14H2,1H3;2*(H,6,7). The molecular formula is C23H25F6N3O6. The van der Waals surface area contributed by atoms with Crippen molar-refractivity contribution in [2.24, 2.45) is 0 Å². The van der Waals surface area contributed by atoms with E-state index >= 15 is 0 Å². The summed E-state index contributed by atoms with van der Waals surface area (Å²) in [7, 11) is 0. The second-order valence-corrected chi connectivity index (χ2v) is 8.45. The van der Waals surface area contributed by atoms with Crippen molar-refractivity contribution < 1.29 is 55.6 Å². The number of likely N-dealkylation sites (tertiary alicyclic amines) is 1. The highest BCUT2D eigenvalue weighted by molar-refractivity contribution is 5.73. The number of rotatable bonds is 4. The van der Waals surface area contributed by atoms with Crippen LogP contribution in [-0.2, 0) is 20.9 Å². The lowest BCUT2D eigenvalue weighted by atomic mass is 9.84. The van der Waals surface area contributed by atoms with Crippen molar-refractivity contribution in [3.05, 3.63) is 54.0 Å². The first-order valence-corrected chi connectivity index (χ1v) is 11.1. The average molecular weight is 553 g/mol. The number of carbonyl (C=O) groups is 2. The van der Waals surface area contributed by atoms with E-state index < -0.39 is 24.3 Å². The number of hydrogen-bond acceptors (Lipinski definition) is 7. The van der Waals surface area contributed by atoms with Gasteiger partial charge >= 0.3 is 24.3 Å². The minimum Gasteiger partial charge on any atom is -0.475 e. The molecule has 38 heavy (non-hydrogen) atoms. The molecule has 9 nitrogen and oxygen atoms in total. The zero-order valence-corrected chi connectivity index (χ0v) is 20.0. The molecule has 0 bridgehead atoms. The van der Waals surface area contributed by atoms with E-state index in [2.05, 4.69) is 27.0 Å². The van der Waals surface area contributed by atoms with E-state index in [-0.39, 0.29) is 11.7 Å². The Labute approximate surface area is 213 Å². The minimum absolute atomic E-state index is 0.0540. The maximum atomic E-state index is 10.6. The van der Waals surface area contributed by atoms with E-state index in [1.54, 1.807) is 6.20 Å². The van der Waals surface area contributed by atoms with Crippen molar-refractivity contribution >= 4 is 11.9 Å². The summed E-state index contributed by atoms with van der Waals surface area (Å²) in [6.45, 7) is 5.58. The first-order valence-electron chi connectivity index (χ1n) is 11.1. The Morgan fingerprint density at radius 2 is 1.66 bits per heavy atom. The van der Waals surface area contributed by atoms with Gasteiger partial charge in [0.25, 0.3) is 0 Å². The van der Waals surface area contributed by atoms with Crippen molar-refractivity contribution in [1.29, 1.82) is 0 Å². The monoisotopic (exact) mass is 553 g/mol. The van der Waals surface area contributed by atoms with Gasteiger partial charge < -0.3 is 19.7 Å². The molecule has 2 fully saturated rings. The Bertz CT molecular complexity index is 1040. The van der Waals surface area contributed by atoms with Gasteiger partial charge in [0.2, 0.25) is 5.88 Å². The molecule has 1 spiro atoms. The smallest absolute Gasteiger partial charge is 0.475 e. The number of alkyl halides is 6. The lowest BCUT2D eigenvalue weighted by Gasteiger charge is -2.53. The molecule has 0 saturated carbocycles. The summed E-state index contributed by atoms with van der Waals surface area (Å²) < 4.78 is 75.6. The fourth-order valence-electron chi connectivity index (χ4n) is 3.69. The molecule has 0 amide bonds. The number of carboxylic acid groups (broad SMARTS) is 2. The molecule has 0 radical (unpaired) electrons. The third kappa shape index (κ3) is 10.1. The van der Waals surface area contributed by atoms with Gasteiger partial charge in [-0.15, -0.1) is 0 Å². The fourth-order valence-corrected chi connectivity index (χ4v) is 3.69. The zero-order valence-electron chi connectivity index (χ0n) is 20.0. The summed E-state index contributed by atoms with van der Waals surface area (Å²) in [5.41, 5.74) is 2.14. The topological polar surface area (TPSA) is 122 Å². The van der Waals surface area contributed by atoms with Crippen LogP contribution in [0.25, 0.3) is 0 Å². The number of aryl methyl sites for hydroxylation is 1. The predicted molar refractivity (Wildman–Crippen MR) is 118 cm³/mol. The molecule has 1 atom stereocenters. The van der Waals surface area contributed by atoms with E-state index in [0.29, 0.717) is 5.88 Å². The second kappa shape index (κ2) is 12.9. The SMILES string of the molecule is Cc1cccc(CN2CC3(CC(Oc4ccccn4)CCO3)C2)n1.O=C(O)C(F)(F)F.O=C(O)C(F)(F)F. The van der Waals surface area contributed by atoms with Crippen LogP contribution in [0.4, 0.5) is 26.3 Å². The van der Waals surface area contributed by atoms with Crippen molar-refractivity contribution in [1.82, 2.24) is 14.9 Å². The van der Waals surface area contributed by atoms with Gasteiger partial charge in [0, 0.05) is 50.4 Å². The van der Waals surface area contributed by atoms with E-state index in [0.717, 1.165) is 50.5 Å². The molecule has 2 aliphatic rings. The Morgan fingerprint density at radius 1 is 1.05 bits per heavy atom. The highest BCUT2D eigenvalue weighted by atomic mass is 19.4. The van der Waals surface area contributed by atoms with E-state index in [9.17, 15) is 26.3 Å². The predicted octanol–water partition coefficient (Wildman–Crippen LogP) is 3.86. The average Bonchev–Trinajstić information content (AvgIpc) is 2.79. The van der Waals surface area contributed by atoms with Gasteiger partial charge in [-0.1, -0.05) is 12.1 Å². The third-order valence-corrected chi connectivity index (χ3v) is 5.21. The number of aliphatic carboxylic acids is 2. The Kier molecular flexibility index (Phi) is 10.4. The normalized spacial score (nSPS) is 18.7. The Balaban J connectivity index is 0.000000301. The number of hydrogen-bond donors (Lipinski definition) is 2. The quantitative estimate of drug-likeness (QED) is 0.544. The Hall–Kier alpha value is -3.46. The molecule has 4 rings (SSSR count). The molecule has 2 aromatic heterocycles. The number of ether oxygens (including phenoxy) is 2. The molecule has 2 aliphatic heterocycles. The number of pyridine rings is 2. The van der Waals surface area contributed by atoms with Crippen molar-refractivity contribution in [2.75, 3.05) is 19.7 Å². The minimum atomic E-state index is -5.08. The highest BCUT2D eigenvalue weighted by Crippen LogP contribution is 2.36.